The fourth-order valence-corrected chi connectivity index (χ4v) is 3.79. The molecule has 4 rings (SSSR count). The highest BCUT2D eigenvalue weighted by atomic mass is 16.5. The SMILES string of the molecule is COCCn1nnnc1C(c1cc2cc(C)ccc2[nH]c1=O)N1CCCC1. The van der Waals surface area contributed by atoms with Crippen molar-refractivity contribution in [2.24, 2.45) is 0 Å². The number of nitrogens with zero attached hydrogens (tertiary/aromatic N) is 5. The Morgan fingerprint density at radius 2 is 2.07 bits per heavy atom. The second-order valence-corrected chi connectivity index (χ2v) is 7.04. The largest absolute Gasteiger partial charge is 0.383 e. The van der Waals surface area contributed by atoms with Gasteiger partial charge in [-0.15, -0.1) is 5.10 Å². The molecule has 142 valence electrons. The van der Waals surface area contributed by atoms with Crippen LogP contribution < -0.4 is 5.56 Å². The van der Waals surface area contributed by atoms with Crippen molar-refractivity contribution < 1.29 is 4.74 Å². The number of tetrazole rings is 1. The monoisotopic (exact) mass is 368 g/mol. The second kappa shape index (κ2) is 7.58. The molecular weight excluding hydrogens is 344 g/mol. The smallest absolute Gasteiger partial charge is 0.253 e. The Hall–Kier alpha value is -2.58. The van der Waals surface area contributed by atoms with Gasteiger partial charge in [0.25, 0.3) is 5.56 Å². The number of rotatable bonds is 6. The Kier molecular flexibility index (Phi) is 5.00. The van der Waals surface area contributed by atoms with Gasteiger partial charge < -0.3 is 9.72 Å². The van der Waals surface area contributed by atoms with Gasteiger partial charge in [-0.3, -0.25) is 9.69 Å². The number of aryl methyl sites for hydroxylation is 1. The first kappa shape index (κ1) is 17.8. The molecule has 8 nitrogen and oxygen atoms in total. The summed E-state index contributed by atoms with van der Waals surface area (Å²) in [4.78, 5) is 18.3. The Balaban J connectivity index is 1.84. The third-order valence-corrected chi connectivity index (χ3v) is 5.14. The number of benzene rings is 1. The van der Waals surface area contributed by atoms with Crippen molar-refractivity contribution in [3.8, 4) is 0 Å². The molecule has 3 aromatic rings. The molecule has 0 spiro atoms. The zero-order chi connectivity index (χ0) is 18.8. The summed E-state index contributed by atoms with van der Waals surface area (Å²) in [6.07, 6.45) is 2.22. The minimum Gasteiger partial charge on any atom is -0.383 e. The number of fused-ring (bicyclic) bond motifs is 1. The number of aromatic amines is 1. The Bertz CT molecular complexity index is 989. The normalized spacial score (nSPS) is 16.2. The van der Waals surface area contributed by atoms with Crippen molar-refractivity contribution in [2.45, 2.75) is 32.4 Å². The predicted octanol–water partition coefficient (Wildman–Crippen LogP) is 1.65. The van der Waals surface area contributed by atoms with Crippen molar-refractivity contribution >= 4 is 10.9 Å². The second-order valence-electron chi connectivity index (χ2n) is 7.04. The molecule has 0 bridgehead atoms. The van der Waals surface area contributed by atoms with Crippen molar-refractivity contribution in [3.63, 3.8) is 0 Å². The molecule has 1 fully saturated rings. The van der Waals surface area contributed by atoms with E-state index in [2.05, 4.69) is 31.5 Å². The van der Waals surface area contributed by atoms with Crippen LogP contribution in [0.4, 0.5) is 0 Å². The van der Waals surface area contributed by atoms with Crippen LogP contribution in [0, 0.1) is 6.92 Å². The third kappa shape index (κ3) is 3.50. The fourth-order valence-electron chi connectivity index (χ4n) is 3.79. The lowest BCUT2D eigenvalue weighted by Crippen LogP contribution is -2.33. The molecule has 8 heteroatoms. The number of hydrogen-bond acceptors (Lipinski definition) is 6. The van der Waals surface area contributed by atoms with E-state index in [1.54, 1.807) is 11.8 Å². The molecule has 1 aliphatic rings. The van der Waals surface area contributed by atoms with E-state index >= 15 is 0 Å². The molecule has 1 aromatic carbocycles. The van der Waals surface area contributed by atoms with E-state index in [4.69, 9.17) is 4.74 Å². The Morgan fingerprint density at radius 3 is 2.85 bits per heavy atom. The van der Waals surface area contributed by atoms with E-state index in [0.717, 1.165) is 42.4 Å². The van der Waals surface area contributed by atoms with E-state index < -0.39 is 0 Å². The number of pyridine rings is 1. The summed E-state index contributed by atoms with van der Waals surface area (Å²) in [7, 11) is 1.65. The van der Waals surface area contributed by atoms with Crippen LogP contribution in [0.2, 0.25) is 0 Å². The maximum Gasteiger partial charge on any atom is 0.253 e. The number of methoxy groups -OCH3 is 1. The van der Waals surface area contributed by atoms with Gasteiger partial charge in [-0.25, -0.2) is 4.68 Å². The number of hydrogen-bond donors (Lipinski definition) is 1. The van der Waals surface area contributed by atoms with Crippen LogP contribution in [0.15, 0.2) is 29.1 Å². The minimum atomic E-state index is -0.270. The Labute approximate surface area is 157 Å². The van der Waals surface area contributed by atoms with Gasteiger partial charge in [0.05, 0.1) is 13.2 Å². The average Bonchev–Trinajstić information content (AvgIpc) is 3.34. The first-order chi connectivity index (χ1) is 13.2. The molecular formula is C19H24N6O2. The van der Waals surface area contributed by atoms with E-state index in [0.29, 0.717) is 24.5 Å². The molecule has 0 aliphatic carbocycles. The van der Waals surface area contributed by atoms with Gasteiger partial charge in [-0.1, -0.05) is 11.6 Å². The summed E-state index contributed by atoms with van der Waals surface area (Å²) >= 11 is 0. The number of ether oxygens (including phenoxy) is 1. The van der Waals surface area contributed by atoms with Crippen molar-refractivity contribution in [1.82, 2.24) is 30.1 Å². The van der Waals surface area contributed by atoms with Crippen LogP contribution in [-0.4, -0.2) is 56.9 Å². The topological polar surface area (TPSA) is 88.9 Å². The fraction of sp³-hybridized carbons (Fsp3) is 0.474. The quantitative estimate of drug-likeness (QED) is 0.712. The number of likely N-dealkylation sites (tertiary alicyclic amines) is 1. The van der Waals surface area contributed by atoms with Crippen molar-refractivity contribution in [3.05, 3.63) is 51.6 Å². The summed E-state index contributed by atoms with van der Waals surface area (Å²) in [6.45, 7) is 4.96. The summed E-state index contributed by atoms with van der Waals surface area (Å²) in [5.41, 5.74) is 2.59. The summed E-state index contributed by atoms with van der Waals surface area (Å²) in [5, 5.41) is 13.3. The van der Waals surface area contributed by atoms with Crippen LogP contribution in [0.5, 0.6) is 0 Å². The van der Waals surface area contributed by atoms with E-state index in [1.165, 1.54) is 0 Å². The lowest BCUT2D eigenvalue weighted by molar-refractivity contribution is 0.178. The van der Waals surface area contributed by atoms with Crippen LogP contribution in [0.1, 0.15) is 35.8 Å². The molecule has 0 amide bonds. The van der Waals surface area contributed by atoms with Crippen LogP contribution in [0.25, 0.3) is 10.9 Å². The number of aromatic nitrogens is 5. The van der Waals surface area contributed by atoms with Gasteiger partial charge in [0, 0.05) is 18.2 Å². The first-order valence-corrected chi connectivity index (χ1v) is 9.30. The number of nitrogens with one attached hydrogen (secondary N) is 1. The van der Waals surface area contributed by atoms with Crippen LogP contribution in [0.3, 0.4) is 0 Å². The predicted molar refractivity (Wildman–Crippen MR) is 102 cm³/mol. The molecule has 27 heavy (non-hydrogen) atoms. The van der Waals surface area contributed by atoms with Crippen molar-refractivity contribution in [1.29, 1.82) is 0 Å². The van der Waals surface area contributed by atoms with Gasteiger partial charge in [0.1, 0.15) is 6.04 Å². The molecule has 3 heterocycles. The lowest BCUT2D eigenvalue weighted by atomic mass is 10.0. The van der Waals surface area contributed by atoms with Gasteiger partial charge in [0.15, 0.2) is 5.82 Å². The minimum absolute atomic E-state index is 0.0930. The summed E-state index contributed by atoms with van der Waals surface area (Å²) in [6, 6.07) is 7.75. The summed E-state index contributed by atoms with van der Waals surface area (Å²) < 4.78 is 6.92. The van der Waals surface area contributed by atoms with Crippen molar-refractivity contribution in [2.75, 3.05) is 26.8 Å². The highest BCUT2D eigenvalue weighted by molar-refractivity contribution is 5.79. The highest BCUT2D eigenvalue weighted by Crippen LogP contribution is 2.29. The molecule has 0 radical (unpaired) electrons. The average molecular weight is 368 g/mol. The van der Waals surface area contributed by atoms with Crippen LogP contribution in [-0.2, 0) is 11.3 Å². The lowest BCUT2D eigenvalue weighted by Gasteiger charge is -2.26. The van der Waals surface area contributed by atoms with E-state index in [-0.39, 0.29) is 11.6 Å². The molecule has 0 saturated carbocycles. The van der Waals surface area contributed by atoms with Gasteiger partial charge in [0.2, 0.25) is 0 Å². The summed E-state index contributed by atoms with van der Waals surface area (Å²) in [5.74, 6) is 0.687. The molecule has 1 atom stereocenters. The maximum absolute atomic E-state index is 13.0. The van der Waals surface area contributed by atoms with E-state index in [1.807, 2.05) is 25.1 Å². The molecule has 1 N–H and O–H groups in total. The Morgan fingerprint density at radius 1 is 1.26 bits per heavy atom. The molecule has 2 aromatic heterocycles. The third-order valence-electron chi connectivity index (χ3n) is 5.14. The first-order valence-electron chi connectivity index (χ1n) is 9.30. The highest BCUT2D eigenvalue weighted by Gasteiger charge is 2.31. The standard InChI is InChI=1S/C19H24N6O2/c1-13-5-6-16-14(11-13)12-15(19(26)20-16)17(24-7-3-4-8-24)18-21-22-23-25(18)9-10-27-2/h5-6,11-12,17H,3-4,7-10H2,1-2H3,(H,20,26). The molecule has 1 saturated heterocycles. The zero-order valence-electron chi connectivity index (χ0n) is 15.7. The van der Waals surface area contributed by atoms with Gasteiger partial charge in [-0.05, 0) is 66.9 Å². The maximum atomic E-state index is 13.0. The van der Waals surface area contributed by atoms with Gasteiger partial charge in [-0.2, -0.15) is 0 Å². The molecule has 1 aliphatic heterocycles. The van der Waals surface area contributed by atoms with Crippen LogP contribution >= 0.6 is 0 Å². The van der Waals surface area contributed by atoms with E-state index in [9.17, 15) is 4.79 Å². The zero-order valence-corrected chi connectivity index (χ0v) is 15.7. The molecule has 1 unspecified atom stereocenters. The number of H-pyrrole nitrogens is 1. The van der Waals surface area contributed by atoms with Gasteiger partial charge >= 0.3 is 0 Å².